The van der Waals surface area contributed by atoms with Crippen molar-refractivity contribution in [2.45, 2.75) is 0 Å². The van der Waals surface area contributed by atoms with Crippen LogP contribution in [0.3, 0.4) is 0 Å². The fourth-order valence-electron chi connectivity index (χ4n) is 2.51. The highest BCUT2D eigenvalue weighted by Crippen LogP contribution is 2.22. The van der Waals surface area contributed by atoms with E-state index in [1.54, 1.807) is 36.4 Å². The van der Waals surface area contributed by atoms with E-state index in [9.17, 15) is 14.8 Å². The van der Waals surface area contributed by atoms with Gasteiger partial charge in [-0.25, -0.2) is 9.78 Å². The van der Waals surface area contributed by atoms with Crippen LogP contribution in [0.15, 0.2) is 47.4 Å². The molecule has 0 radical (unpaired) electrons. The van der Waals surface area contributed by atoms with Gasteiger partial charge >= 0.3 is 5.69 Å². The molecule has 0 fully saturated rings. The Hall–Kier alpha value is -3.46. The summed E-state index contributed by atoms with van der Waals surface area (Å²) >= 11 is 0. The summed E-state index contributed by atoms with van der Waals surface area (Å²) in [5.41, 5.74) is 0.318. The third kappa shape index (κ3) is 4.21. The normalized spacial score (nSPS) is 10.9. The maximum atomic E-state index is 12.3. The summed E-state index contributed by atoms with van der Waals surface area (Å²) in [5.74, 6) is 0.0596. The van der Waals surface area contributed by atoms with E-state index < -0.39 is 5.69 Å². The molecule has 0 spiro atoms. The Bertz CT molecular complexity index is 1030. The van der Waals surface area contributed by atoms with Crippen LogP contribution in [0.2, 0.25) is 0 Å². The van der Waals surface area contributed by atoms with Gasteiger partial charge in [-0.15, -0.1) is 4.73 Å². The lowest BCUT2D eigenvalue weighted by molar-refractivity contribution is 0.0951. The minimum absolute atomic E-state index is 0.0950. The van der Waals surface area contributed by atoms with Crippen molar-refractivity contribution in [3.8, 4) is 0 Å². The van der Waals surface area contributed by atoms with Gasteiger partial charge in [-0.05, 0) is 44.4 Å². The predicted molar refractivity (Wildman–Crippen MR) is 102 cm³/mol. The van der Waals surface area contributed by atoms with Crippen molar-refractivity contribution < 1.29 is 10.0 Å². The molecular formula is C18H20N6O3. The molecule has 3 N–H and O–H groups in total. The predicted octanol–water partition coefficient (Wildman–Crippen LogP) is 1.06. The zero-order valence-corrected chi connectivity index (χ0v) is 15.0. The van der Waals surface area contributed by atoms with E-state index in [2.05, 4.69) is 20.6 Å². The molecule has 0 aliphatic carbocycles. The van der Waals surface area contributed by atoms with Gasteiger partial charge in [0.05, 0.1) is 5.39 Å². The van der Waals surface area contributed by atoms with E-state index >= 15 is 0 Å². The molecule has 140 valence electrons. The summed E-state index contributed by atoms with van der Waals surface area (Å²) in [4.78, 5) is 33.9. The Morgan fingerprint density at radius 3 is 2.85 bits per heavy atom. The quantitative estimate of drug-likeness (QED) is 0.558. The molecule has 0 aliphatic rings. The van der Waals surface area contributed by atoms with Crippen LogP contribution in [0, 0.1) is 0 Å². The van der Waals surface area contributed by atoms with Crippen LogP contribution >= 0.6 is 0 Å². The van der Waals surface area contributed by atoms with Crippen LogP contribution in [-0.4, -0.2) is 57.9 Å². The van der Waals surface area contributed by atoms with Crippen molar-refractivity contribution in [1.82, 2.24) is 24.9 Å². The van der Waals surface area contributed by atoms with E-state index in [0.29, 0.717) is 27.9 Å². The number of hydrogen-bond acceptors (Lipinski definition) is 7. The van der Waals surface area contributed by atoms with E-state index in [1.165, 1.54) is 6.20 Å². The summed E-state index contributed by atoms with van der Waals surface area (Å²) < 4.78 is 0.398. The minimum Gasteiger partial charge on any atom is -0.422 e. The van der Waals surface area contributed by atoms with Crippen LogP contribution in [0.1, 0.15) is 10.4 Å². The first-order chi connectivity index (χ1) is 13.0. The molecule has 0 atom stereocenters. The first kappa shape index (κ1) is 18.3. The maximum absolute atomic E-state index is 12.3. The largest absolute Gasteiger partial charge is 0.422 e. The number of carbonyl (C=O) groups excluding carboxylic acids is 1. The van der Waals surface area contributed by atoms with Gasteiger partial charge in [-0.3, -0.25) is 4.79 Å². The average Bonchev–Trinajstić information content (AvgIpc) is 2.66. The zero-order valence-electron chi connectivity index (χ0n) is 15.0. The summed E-state index contributed by atoms with van der Waals surface area (Å²) in [6.07, 6.45) is 1.47. The van der Waals surface area contributed by atoms with E-state index in [4.69, 9.17) is 0 Å². The second-order valence-corrected chi connectivity index (χ2v) is 6.19. The van der Waals surface area contributed by atoms with Gasteiger partial charge in [0.15, 0.2) is 5.65 Å². The van der Waals surface area contributed by atoms with Gasteiger partial charge < -0.3 is 20.7 Å². The van der Waals surface area contributed by atoms with Gasteiger partial charge in [0, 0.05) is 30.5 Å². The van der Waals surface area contributed by atoms with Crippen LogP contribution in [0.4, 0.5) is 11.5 Å². The molecule has 2 aromatic heterocycles. The number of nitrogens with one attached hydrogen (secondary N) is 2. The topological polar surface area (TPSA) is 112 Å². The maximum Gasteiger partial charge on any atom is 0.384 e. The number of rotatable bonds is 6. The van der Waals surface area contributed by atoms with Gasteiger partial charge in [0.2, 0.25) is 0 Å². The molecule has 1 aromatic carbocycles. The van der Waals surface area contributed by atoms with Crippen LogP contribution in [-0.2, 0) is 0 Å². The van der Waals surface area contributed by atoms with Crippen LogP contribution in [0.25, 0.3) is 11.0 Å². The van der Waals surface area contributed by atoms with Gasteiger partial charge in [-0.1, -0.05) is 6.07 Å². The van der Waals surface area contributed by atoms with Gasteiger partial charge in [-0.2, -0.15) is 4.98 Å². The average molecular weight is 368 g/mol. The van der Waals surface area contributed by atoms with E-state index in [0.717, 1.165) is 6.54 Å². The molecule has 9 nitrogen and oxygen atoms in total. The van der Waals surface area contributed by atoms with E-state index in [1.807, 2.05) is 19.0 Å². The number of pyridine rings is 1. The number of carbonyl (C=O) groups is 1. The van der Waals surface area contributed by atoms with Crippen molar-refractivity contribution in [3.05, 3.63) is 58.6 Å². The van der Waals surface area contributed by atoms with Crippen molar-refractivity contribution in [2.24, 2.45) is 0 Å². The van der Waals surface area contributed by atoms with Crippen molar-refractivity contribution in [3.63, 3.8) is 0 Å². The summed E-state index contributed by atoms with van der Waals surface area (Å²) in [7, 11) is 3.87. The molecule has 1 amide bonds. The summed E-state index contributed by atoms with van der Waals surface area (Å²) in [5, 5.41) is 16.1. The lowest BCUT2D eigenvalue weighted by Crippen LogP contribution is -2.31. The second-order valence-electron chi connectivity index (χ2n) is 6.19. The Labute approximate surface area is 155 Å². The SMILES string of the molecule is CN(C)CCNC(=O)c1cccc(Nc2nc(=O)n(O)c3ncccc23)c1. The molecule has 9 heteroatoms. The Morgan fingerprint density at radius 2 is 2.07 bits per heavy atom. The molecule has 0 saturated carbocycles. The highest BCUT2D eigenvalue weighted by atomic mass is 16.5. The number of amides is 1. The number of benzene rings is 1. The molecule has 0 saturated heterocycles. The van der Waals surface area contributed by atoms with E-state index in [-0.39, 0.29) is 17.4 Å². The van der Waals surface area contributed by atoms with Crippen molar-refractivity contribution >= 4 is 28.4 Å². The fraction of sp³-hybridized carbons (Fsp3) is 0.222. The number of nitrogens with zero attached hydrogens (tertiary/aromatic N) is 4. The third-order valence-corrected chi connectivity index (χ3v) is 3.86. The summed E-state index contributed by atoms with van der Waals surface area (Å²) in [6.45, 7) is 1.28. The standard InChI is InChI=1S/C18H20N6O3/c1-23(2)10-9-20-17(25)12-5-3-6-13(11-12)21-15-14-7-4-8-19-16(14)24(27)18(26)22-15/h3-8,11,27H,9-10H2,1-2H3,(H,20,25)(H,21,22,26). The monoisotopic (exact) mass is 368 g/mol. The number of anilines is 2. The molecule has 0 aliphatic heterocycles. The van der Waals surface area contributed by atoms with Crippen molar-refractivity contribution in [2.75, 3.05) is 32.5 Å². The highest BCUT2D eigenvalue weighted by molar-refractivity contribution is 5.95. The molecule has 0 bridgehead atoms. The smallest absolute Gasteiger partial charge is 0.384 e. The number of aromatic nitrogens is 3. The molecule has 3 aromatic rings. The molecule has 3 rings (SSSR count). The zero-order chi connectivity index (χ0) is 19.4. The second kappa shape index (κ2) is 7.83. The first-order valence-corrected chi connectivity index (χ1v) is 8.33. The Kier molecular flexibility index (Phi) is 5.32. The highest BCUT2D eigenvalue weighted by Gasteiger charge is 2.12. The third-order valence-electron chi connectivity index (χ3n) is 3.86. The number of fused-ring (bicyclic) bond motifs is 1. The molecular weight excluding hydrogens is 348 g/mol. The van der Waals surface area contributed by atoms with Gasteiger partial charge in [0.25, 0.3) is 5.91 Å². The molecule has 2 heterocycles. The fourth-order valence-corrected chi connectivity index (χ4v) is 2.51. The molecule has 0 unspecified atom stereocenters. The number of likely N-dealkylation sites (N-methyl/N-ethyl adjacent to an activating group) is 1. The van der Waals surface area contributed by atoms with Crippen molar-refractivity contribution in [1.29, 1.82) is 0 Å². The lowest BCUT2D eigenvalue weighted by atomic mass is 10.2. The van der Waals surface area contributed by atoms with Gasteiger partial charge in [0.1, 0.15) is 5.82 Å². The summed E-state index contributed by atoms with van der Waals surface area (Å²) in [6, 6.07) is 10.2. The minimum atomic E-state index is -0.846. The van der Waals surface area contributed by atoms with Crippen LogP contribution in [0.5, 0.6) is 0 Å². The lowest BCUT2D eigenvalue weighted by Gasteiger charge is -2.12. The number of hydrogen-bond donors (Lipinski definition) is 3. The first-order valence-electron chi connectivity index (χ1n) is 8.33. The molecule has 27 heavy (non-hydrogen) atoms. The Balaban J connectivity index is 1.85. The van der Waals surface area contributed by atoms with Crippen LogP contribution < -0.4 is 16.3 Å². The Morgan fingerprint density at radius 1 is 1.26 bits per heavy atom.